The van der Waals surface area contributed by atoms with E-state index in [9.17, 15) is 9.18 Å². The third-order valence-corrected chi connectivity index (χ3v) is 4.20. The Bertz CT molecular complexity index is 936. The second-order valence-electron chi connectivity index (χ2n) is 5.91. The fourth-order valence-electron chi connectivity index (χ4n) is 2.63. The van der Waals surface area contributed by atoms with Crippen LogP contribution < -0.4 is 4.74 Å². The van der Waals surface area contributed by atoms with Crippen molar-refractivity contribution in [2.75, 3.05) is 13.2 Å². The van der Waals surface area contributed by atoms with E-state index in [-0.39, 0.29) is 24.0 Å². The number of likely N-dealkylation sites (N-methyl/N-ethyl adjacent to an activating group) is 1. The highest BCUT2D eigenvalue weighted by Crippen LogP contribution is 2.17. The zero-order chi connectivity index (χ0) is 20.1. The van der Waals surface area contributed by atoms with Crippen molar-refractivity contribution in [3.63, 3.8) is 0 Å². The van der Waals surface area contributed by atoms with Crippen LogP contribution in [0.2, 0.25) is 5.02 Å². The summed E-state index contributed by atoms with van der Waals surface area (Å²) in [6.45, 7) is 4.25. The molecule has 146 valence electrons. The van der Waals surface area contributed by atoms with Crippen molar-refractivity contribution in [1.82, 2.24) is 29.9 Å². The Labute approximate surface area is 165 Å². The van der Waals surface area contributed by atoms with E-state index in [4.69, 9.17) is 16.3 Å². The molecule has 10 heteroatoms. The molecule has 28 heavy (non-hydrogen) atoms. The van der Waals surface area contributed by atoms with E-state index in [0.717, 1.165) is 12.3 Å². The van der Waals surface area contributed by atoms with Crippen LogP contribution in [0.4, 0.5) is 4.39 Å². The van der Waals surface area contributed by atoms with Gasteiger partial charge in [-0.3, -0.25) is 4.79 Å². The highest BCUT2D eigenvalue weighted by Gasteiger charge is 2.25. The van der Waals surface area contributed by atoms with Crippen molar-refractivity contribution in [3.05, 3.63) is 59.4 Å². The Kier molecular flexibility index (Phi) is 6.15. The molecule has 0 bridgehead atoms. The number of rotatable bonds is 7. The normalized spacial score (nSPS) is 11.9. The monoisotopic (exact) mass is 404 g/mol. The number of nitrogens with zero attached hydrogens (tertiary/aromatic N) is 6. The van der Waals surface area contributed by atoms with E-state index in [0.29, 0.717) is 17.4 Å². The van der Waals surface area contributed by atoms with E-state index in [1.807, 2.05) is 13.8 Å². The number of amides is 1. The van der Waals surface area contributed by atoms with Crippen LogP contribution in [0.15, 0.2) is 43.0 Å². The number of carbonyl (C=O) groups excluding carboxylic acids is 1. The van der Waals surface area contributed by atoms with Gasteiger partial charge >= 0.3 is 0 Å². The maximum absolute atomic E-state index is 13.8. The summed E-state index contributed by atoms with van der Waals surface area (Å²) >= 11 is 5.81. The van der Waals surface area contributed by atoms with Crippen molar-refractivity contribution >= 4 is 17.5 Å². The van der Waals surface area contributed by atoms with Crippen LogP contribution in [-0.4, -0.2) is 55.0 Å². The minimum atomic E-state index is -0.621. The minimum absolute atomic E-state index is 0.0644. The Balaban J connectivity index is 1.79. The van der Waals surface area contributed by atoms with Crippen LogP contribution in [0.25, 0.3) is 5.82 Å². The molecule has 0 saturated heterocycles. The van der Waals surface area contributed by atoms with Gasteiger partial charge in [0, 0.05) is 18.8 Å². The molecule has 1 unspecified atom stereocenters. The van der Waals surface area contributed by atoms with E-state index < -0.39 is 11.7 Å². The standard InChI is InChI=1S/C18H18ClFN6O2/c1-3-25(12(2)11-28-16-5-4-13(19)9-21-16)18(27)15-8-14(20)10-22-17(15)26-23-6-7-24-26/h4-10,12H,3,11H2,1-2H3. The molecule has 0 spiro atoms. The number of carbonyl (C=O) groups is 1. The van der Waals surface area contributed by atoms with E-state index in [2.05, 4.69) is 20.2 Å². The first-order valence-electron chi connectivity index (χ1n) is 8.57. The van der Waals surface area contributed by atoms with Crippen LogP contribution >= 0.6 is 11.6 Å². The molecule has 3 aromatic rings. The largest absolute Gasteiger partial charge is 0.475 e. The molecule has 3 aromatic heterocycles. The van der Waals surface area contributed by atoms with Crippen molar-refractivity contribution in [2.45, 2.75) is 19.9 Å². The molecule has 0 aliphatic carbocycles. The van der Waals surface area contributed by atoms with Crippen LogP contribution in [0.5, 0.6) is 5.88 Å². The molecule has 0 N–H and O–H groups in total. The van der Waals surface area contributed by atoms with Gasteiger partial charge in [0.1, 0.15) is 12.4 Å². The van der Waals surface area contributed by atoms with Gasteiger partial charge in [0.2, 0.25) is 5.88 Å². The molecule has 1 atom stereocenters. The Morgan fingerprint density at radius 1 is 1.29 bits per heavy atom. The van der Waals surface area contributed by atoms with Gasteiger partial charge in [-0.15, -0.1) is 4.80 Å². The smallest absolute Gasteiger partial charge is 0.258 e. The lowest BCUT2D eigenvalue weighted by atomic mass is 10.2. The summed E-state index contributed by atoms with van der Waals surface area (Å²) in [5, 5.41) is 8.46. The number of aromatic nitrogens is 5. The Morgan fingerprint density at radius 2 is 2.04 bits per heavy atom. The summed E-state index contributed by atoms with van der Waals surface area (Å²) in [5.41, 5.74) is 0.0644. The summed E-state index contributed by atoms with van der Waals surface area (Å²) in [7, 11) is 0. The fraction of sp³-hybridized carbons (Fsp3) is 0.278. The van der Waals surface area contributed by atoms with Gasteiger partial charge in [-0.25, -0.2) is 14.4 Å². The number of hydrogen-bond acceptors (Lipinski definition) is 6. The van der Waals surface area contributed by atoms with Gasteiger partial charge in [0.05, 0.1) is 35.2 Å². The average Bonchev–Trinajstić information content (AvgIpc) is 3.22. The van der Waals surface area contributed by atoms with E-state index in [1.165, 1.54) is 23.4 Å². The molecule has 3 rings (SSSR count). The van der Waals surface area contributed by atoms with Crippen LogP contribution in [0, 0.1) is 5.82 Å². The predicted octanol–water partition coefficient (Wildman–Crippen LogP) is 2.78. The Morgan fingerprint density at radius 3 is 2.68 bits per heavy atom. The van der Waals surface area contributed by atoms with Gasteiger partial charge in [-0.1, -0.05) is 11.6 Å². The van der Waals surface area contributed by atoms with Gasteiger partial charge in [-0.05, 0) is 26.0 Å². The lowest BCUT2D eigenvalue weighted by molar-refractivity contribution is 0.0645. The summed E-state index contributed by atoms with van der Waals surface area (Å²) in [6, 6.07) is 4.13. The van der Waals surface area contributed by atoms with Gasteiger partial charge in [0.25, 0.3) is 5.91 Å². The molecule has 0 radical (unpaired) electrons. The molecule has 8 nitrogen and oxygen atoms in total. The molecule has 0 aromatic carbocycles. The van der Waals surface area contributed by atoms with Crippen LogP contribution in [0.1, 0.15) is 24.2 Å². The van der Waals surface area contributed by atoms with Crippen LogP contribution in [0.3, 0.4) is 0 Å². The van der Waals surface area contributed by atoms with Gasteiger partial charge in [-0.2, -0.15) is 10.2 Å². The van der Waals surface area contributed by atoms with Gasteiger partial charge in [0.15, 0.2) is 5.82 Å². The zero-order valence-corrected chi connectivity index (χ0v) is 16.0. The third kappa shape index (κ3) is 4.42. The minimum Gasteiger partial charge on any atom is -0.475 e. The number of hydrogen-bond donors (Lipinski definition) is 0. The molecule has 0 aliphatic heterocycles. The quantitative estimate of drug-likeness (QED) is 0.602. The maximum Gasteiger partial charge on any atom is 0.258 e. The van der Waals surface area contributed by atoms with Crippen molar-refractivity contribution in [2.24, 2.45) is 0 Å². The van der Waals surface area contributed by atoms with Crippen molar-refractivity contribution < 1.29 is 13.9 Å². The first kappa shape index (κ1) is 19.7. The summed E-state index contributed by atoms with van der Waals surface area (Å²) in [6.07, 6.45) is 5.40. The van der Waals surface area contributed by atoms with Gasteiger partial charge < -0.3 is 9.64 Å². The molecular formula is C18H18ClFN6O2. The summed E-state index contributed by atoms with van der Waals surface area (Å²) in [5.74, 6) is -0.470. The van der Waals surface area contributed by atoms with Crippen molar-refractivity contribution in [1.29, 1.82) is 0 Å². The molecular weight excluding hydrogens is 387 g/mol. The fourth-order valence-corrected chi connectivity index (χ4v) is 2.74. The number of halogens is 2. The molecule has 0 aliphatic rings. The highest BCUT2D eigenvalue weighted by atomic mass is 35.5. The summed E-state index contributed by atoms with van der Waals surface area (Å²) in [4.78, 5) is 23.9. The number of pyridine rings is 2. The first-order valence-corrected chi connectivity index (χ1v) is 8.95. The molecule has 0 saturated carbocycles. The second-order valence-corrected chi connectivity index (χ2v) is 6.35. The molecule has 1 amide bonds. The topological polar surface area (TPSA) is 86.0 Å². The SMILES string of the molecule is CCN(C(=O)c1cc(F)cnc1-n1nccn1)C(C)COc1ccc(Cl)cn1. The zero-order valence-electron chi connectivity index (χ0n) is 15.3. The molecule has 0 fully saturated rings. The van der Waals surface area contributed by atoms with E-state index >= 15 is 0 Å². The summed E-state index contributed by atoms with van der Waals surface area (Å²) < 4.78 is 19.4. The predicted molar refractivity (Wildman–Crippen MR) is 100 cm³/mol. The van der Waals surface area contributed by atoms with Crippen molar-refractivity contribution in [3.8, 4) is 11.7 Å². The number of ether oxygens (including phenoxy) is 1. The lowest BCUT2D eigenvalue weighted by Crippen LogP contribution is -2.42. The Hall–Kier alpha value is -3.07. The van der Waals surface area contributed by atoms with Crippen LogP contribution in [-0.2, 0) is 0 Å². The second kappa shape index (κ2) is 8.75. The highest BCUT2D eigenvalue weighted by molar-refractivity contribution is 6.30. The van der Waals surface area contributed by atoms with E-state index in [1.54, 1.807) is 17.0 Å². The molecule has 3 heterocycles. The lowest BCUT2D eigenvalue weighted by Gasteiger charge is -2.28. The maximum atomic E-state index is 13.8. The first-order chi connectivity index (χ1) is 13.5. The third-order valence-electron chi connectivity index (χ3n) is 3.98. The average molecular weight is 405 g/mol.